The largest absolute Gasteiger partial charge is 0.453 e. The average molecular weight is 758 g/mol. The highest BCUT2D eigenvalue weighted by Gasteiger charge is 2.29. The maximum Gasteiger partial charge on any atom is 0.152 e. The average Bonchev–Trinajstić information content (AvgIpc) is 3.64. The van der Waals surface area contributed by atoms with Gasteiger partial charge in [-0.1, -0.05) is 109 Å². The van der Waals surface area contributed by atoms with E-state index in [0.29, 0.717) is 0 Å². The predicted molar refractivity (Wildman–Crippen MR) is 241 cm³/mol. The lowest BCUT2D eigenvalue weighted by Crippen LogP contribution is -2.16. The summed E-state index contributed by atoms with van der Waals surface area (Å²) in [4.78, 5) is 4.56. The lowest BCUT2D eigenvalue weighted by molar-refractivity contribution is 0.476. The Morgan fingerprint density at radius 2 is 0.678 bits per heavy atom. The first-order chi connectivity index (χ1) is 29.2. The number of rotatable bonds is 5. The fourth-order valence-corrected chi connectivity index (χ4v) is 8.82. The first kappa shape index (κ1) is 33.2. The Hall–Kier alpha value is -8.02. The molecular weight excluding hydrogens is 723 g/mol. The zero-order chi connectivity index (χ0) is 38.9. The summed E-state index contributed by atoms with van der Waals surface area (Å²) >= 11 is 0. The third-order valence-electron chi connectivity index (χ3n) is 11.5. The molecule has 0 atom stereocenters. The van der Waals surface area contributed by atoms with Crippen molar-refractivity contribution in [3.05, 3.63) is 212 Å². The molecule has 1 aromatic heterocycles. The van der Waals surface area contributed by atoms with E-state index in [-0.39, 0.29) is 0 Å². The molecule has 0 radical (unpaired) electrons. The quantitative estimate of drug-likeness (QED) is 0.175. The standard InChI is InChI=1S/C54H35N3O2/c1-4-14-40(15-5-1)55-45-21-11-10-20-43(45)44-32-36(24-28-46(44)55)37-25-29-49-53(33-37)59-54-35-39(27-31-50(54)57(49)42-18-8-3-9-19-42)38-26-30-48-52(34-38)58-51-23-13-12-22-47(51)56(48)41-16-6-2-7-17-41/h1-35H. The molecule has 0 spiro atoms. The van der Waals surface area contributed by atoms with Crippen molar-refractivity contribution < 1.29 is 9.47 Å². The van der Waals surface area contributed by atoms with Gasteiger partial charge >= 0.3 is 0 Å². The summed E-state index contributed by atoms with van der Waals surface area (Å²) in [5, 5.41) is 2.44. The first-order valence-corrected chi connectivity index (χ1v) is 19.9. The van der Waals surface area contributed by atoms with Crippen molar-refractivity contribution in [3.8, 4) is 50.9 Å². The van der Waals surface area contributed by atoms with E-state index in [9.17, 15) is 0 Å². The molecule has 278 valence electrons. The SMILES string of the molecule is c1ccc(N2c3ccccc3Oc3cc(-c4ccc5c(c4)Oc4cc(-c6ccc7c(c6)c6ccccc6n7-c6ccccc6)ccc4N5c4ccccc4)ccc32)cc1. The van der Waals surface area contributed by atoms with E-state index in [1.165, 1.54) is 21.8 Å². The van der Waals surface area contributed by atoms with Crippen LogP contribution >= 0.6 is 0 Å². The molecule has 0 aliphatic carbocycles. The summed E-state index contributed by atoms with van der Waals surface area (Å²) in [6, 6.07) is 74.7. The molecule has 0 amide bonds. The number of ether oxygens (including phenoxy) is 2. The van der Waals surface area contributed by atoms with Crippen LogP contribution in [0.3, 0.4) is 0 Å². The summed E-state index contributed by atoms with van der Waals surface area (Å²) in [7, 11) is 0. The van der Waals surface area contributed by atoms with Crippen LogP contribution in [0.25, 0.3) is 49.7 Å². The van der Waals surface area contributed by atoms with E-state index >= 15 is 0 Å². The Morgan fingerprint density at radius 3 is 1.25 bits per heavy atom. The second-order valence-corrected chi connectivity index (χ2v) is 15.0. The molecule has 10 aromatic rings. The van der Waals surface area contributed by atoms with Crippen LogP contribution in [0.4, 0.5) is 34.1 Å². The van der Waals surface area contributed by atoms with E-state index < -0.39 is 0 Å². The van der Waals surface area contributed by atoms with Crippen molar-refractivity contribution >= 4 is 55.9 Å². The zero-order valence-electron chi connectivity index (χ0n) is 31.9. The van der Waals surface area contributed by atoms with Crippen molar-refractivity contribution in [1.29, 1.82) is 0 Å². The van der Waals surface area contributed by atoms with Crippen molar-refractivity contribution in [2.24, 2.45) is 0 Å². The van der Waals surface area contributed by atoms with E-state index in [1.807, 2.05) is 18.2 Å². The summed E-state index contributed by atoms with van der Waals surface area (Å²) in [6.45, 7) is 0. The van der Waals surface area contributed by atoms with E-state index in [0.717, 1.165) is 85.1 Å². The smallest absolute Gasteiger partial charge is 0.152 e. The lowest BCUT2D eigenvalue weighted by Gasteiger charge is -2.34. The Labute approximate surface area is 341 Å². The normalized spacial score (nSPS) is 12.6. The van der Waals surface area contributed by atoms with Crippen LogP contribution in [-0.2, 0) is 0 Å². The van der Waals surface area contributed by atoms with E-state index in [4.69, 9.17) is 9.47 Å². The minimum absolute atomic E-state index is 0.785. The summed E-state index contributed by atoms with van der Waals surface area (Å²) in [5.74, 6) is 3.20. The third-order valence-corrected chi connectivity index (χ3v) is 11.5. The number of aromatic nitrogens is 1. The van der Waals surface area contributed by atoms with Gasteiger partial charge < -0.3 is 23.8 Å². The molecule has 2 aliphatic heterocycles. The predicted octanol–water partition coefficient (Wildman–Crippen LogP) is 15.3. The van der Waals surface area contributed by atoms with Crippen LogP contribution in [0, 0.1) is 0 Å². The van der Waals surface area contributed by atoms with Crippen molar-refractivity contribution in [2.45, 2.75) is 0 Å². The summed E-state index contributed by atoms with van der Waals surface area (Å²) in [6.07, 6.45) is 0. The molecule has 5 nitrogen and oxygen atoms in total. The molecule has 3 heterocycles. The summed E-state index contributed by atoms with van der Waals surface area (Å²) in [5.41, 5.74) is 13.9. The second-order valence-electron chi connectivity index (χ2n) is 15.0. The molecule has 9 aromatic carbocycles. The zero-order valence-corrected chi connectivity index (χ0v) is 31.9. The maximum absolute atomic E-state index is 6.92. The van der Waals surface area contributed by atoms with Crippen LogP contribution in [-0.4, -0.2) is 4.57 Å². The highest BCUT2D eigenvalue weighted by Crippen LogP contribution is 2.54. The Bertz CT molecular complexity index is 3230. The molecule has 0 bridgehead atoms. The van der Waals surface area contributed by atoms with Crippen LogP contribution in [0.1, 0.15) is 0 Å². The number of fused-ring (bicyclic) bond motifs is 7. The molecule has 0 fully saturated rings. The van der Waals surface area contributed by atoms with Crippen LogP contribution in [0.2, 0.25) is 0 Å². The van der Waals surface area contributed by atoms with E-state index in [1.54, 1.807) is 0 Å². The second kappa shape index (κ2) is 13.3. The molecule has 0 unspecified atom stereocenters. The number of hydrogen-bond acceptors (Lipinski definition) is 4. The number of anilines is 6. The minimum atomic E-state index is 0.785. The Kier molecular flexibility index (Phi) is 7.47. The fourth-order valence-electron chi connectivity index (χ4n) is 8.82. The molecule has 12 rings (SSSR count). The third kappa shape index (κ3) is 5.40. The lowest BCUT2D eigenvalue weighted by atomic mass is 9.99. The summed E-state index contributed by atoms with van der Waals surface area (Å²) < 4.78 is 15.8. The van der Waals surface area contributed by atoms with Gasteiger partial charge in [0.2, 0.25) is 0 Å². The highest BCUT2D eigenvalue weighted by molar-refractivity contribution is 6.10. The van der Waals surface area contributed by atoms with Gasteiger partial charge in [-0.05, 0) is 125 Å². The van der Waals surface area contributed by atoms with Crippen LogP contribution in [0.5, 0.6) is 23.0 Å². The number of benzene rings is 9. The molecule has 0 saturated carbocycles. The molecule has 0 saturated heterocycles. The molecule has 59 heavy (non-hydrogen) atoms. The van der Waals surface area contributed by atoms with Gasteiger partial charge in [-0.25, -0.2) is 0 Å². The van der Waals surface area contributed by atoms with Gasteiger partial charge in [-0.2, -0.15) is 0 Å². The molecular formula is C54H35N3O2. The number of para-hydroxylation sites is 6. The van der Waals surface area contributed by atoms with Gasteiger partial charge in [0, 0.05) is 27.8 Å². The highest BCUT2D eigenvalue weighted by atomic mass is 16.5. The van der Waals surface area contributed by atoms with Crippen molar-refractivity contribution in [2.75, 3.05) is 9.80 Å². The van der Waals surface area contributed by atoms with Gasteiger partial charge in [0.15, 0.2) is 23.0 Å². The molecule has 2 aliphatic rings. The monoisotopic (exact) mass is 757 g/mol. The van der Waals surface area contributed by atoms with Gasteiger partial charge in [0.05, 0.1) is 33.8 Å². The maximum atomic E-state index is 6.92. The van der Waals surface area contributed by atoms with Gasteiger partial charge in [0.25, 0.3) is 0 Å². The molecule has 0 N–H and O–H groups in total. The topological polar surface area (TPSA) is 29.9 Å². The van der Waals surface area contributed by atoms with Crippen molar-refractivity contribution in [3.63, 3.8) is 0 Å². The van der Waals surface area contributed by atoms with Crippen LogP contribution in [0.15, 0.2) is 212 Å². The first-order valence-electron chi connectivity index (χ1n) is 19.9. The number of hydrogen-bond donors (Lipinski definition) is 0. The minimum Gasteiger partial charge on any atom is -0.453 e. The van der Waals surface area contributed by atoms with Crippen LogP contribution < -0.4 is 19.3 Å². The van der Waals surface area contributed by atoms with Gasteiger partial charge in [0.1, 0.15) is 0 Å². The molecule has 5 heteroatoms. The van der Waals surface area contributed by atoms with Crippen molar-refractivity contribution in [1.82, 2.24) is 4.57 Å². The number of nitrogens with zero attached hydrogens (tertiary/aromatic N) is 3. The van der Waals surface area contributed by atoms with Gasteiger partial charge in [-0.15, -0.1) is 0 Å². The Balaban J connectivity index is 0.949. The fraction of sp³-hybridized carbons (Fsp3) is 0. The Morgan fingerprint density at radius 1 is 0.271 bits per heavy atom. The van der Waals surface area contributed by atoms with Gasteiger partial charge in [-0.3, -0.25) is 0 Å². The van der Waals surface area contributed by atoms with E-state index in [2.05, 4.69) is 208 Å².